The van der Waals surface area contributed by atoms with Crippen molar-refractivity contribution in [1.82, 2.24) is 14.8 Å². The number of amides is 2. The molecule has 42 heavy (non-hydrogen) atoms. The highest BCUT2D eigenvalue weighted by atomic mass is 19.1. The number of hydrogen-bond acceptors (Lipinski definition) is 5. The zero-order chi connectivity index (χ0) is 29.2. The number of nitrogens with one attached hydrogen (secondary N) is 1. The highest BCUT2D eigenvalue weighted by Crippen LogP contribution is 2.35. The summed E-state index contributed by atoms with van der Waals surface area (Å²) in [5, 5.41) is 2.54. The maximum absolute atomic E-state index is 14.1. The van der Waals surface area contributed by atoms with Crippen LogP contribution in [-0.2, 0) is 24.4 Å². The molecular weight excluding hydrogens is 544 g/mol. The first kappa shape index (κ1) is 28.1. The van der Waals surface area contributed by atoms with Crippen LogP contribution in [0.15, 0.2) is 59.5 Å². The van der Waals surface area contributed by atoms with Crippen LogP contribution in [0.5, 0.6) is 5.75 Å². The van der Waals surface area contributed by atoms with Crippen LogP contribution in [0.3, 0.4) is 0 Å². The van der Waals surface area contributed by atoms with Gasteiger partial charge in [-0.3, -0.25) is 14.4 Å². The lowest BCUT2D eigenvalue weighted by molar-refractivity contribution is 0.00465. The Morgan fingerprint density at radius 1 is 1.05 bits per heavy atom. The molecule has 1 aromatic heterocycles. The van der Waals surface area contributed by atoms with Gasteiger partial charge in [-0.15, -0.1) is 0 Å². The molecule has 2 amide bonds. The summed E-state index contributed by atoms with van der Waals surface area (Å²) in [6, 6.07) is 12.2. The lowest BCUT2D eigenvalue weighted by Gasteiger charge is -2.36. The van der Waals surface area contributed by atoms with Crippen LogP contribution in [0.2, 0.25) is 0 Å². The number of carbonyl (C=O) groups is 2. The average molecular weight is 578 g/mol. The van der Waals surface area contributed by atoms with Crippen molar-refractivity contribution in [1.29, 1.82) is 0 Å². The zero-order valence-electron chi connectivity index (χ0n) is 23.2. The number of aromatic nitrogens is 1. The summed E-state index contributed by atoms with van der Waals surface area (Å²) >= 11 is 0. The molecule has 0 bridgehead atoms. The molecule has 0 unspecified atom stereocenters. The maximum atomic E-state index is 14.1. The summed E-state index contributed by atoms with van der Waals surface area (Å²) in [6.45, 7) is 0.418. The predicted molar refractivity (Wildman–Crippen MR) is 150 cm³/mol. The fourth-order valence-electron chi connectivity index (χ4n) is 6.30. The molecule has 1 saturated carbocycles. The van der Waals surface area contributed by atoms with Crippen LogP contribution in [-0.4, -0.2) is 40.2 Å². The second-order valence-electron chi connectivity index (χ2n) is 11.3. The van der Waals surface area contributed by atoms with E-state index in [0.29, 0.717) is 12.5 Å². The van der Waals surface area contributed by atoms with E-state index in [0.717, 1.165) is 37.0 Å². The molecule has 2 atom stereocenters. The summed E-state index contributed by atoms with van der Waals surface area (Å²) in [5.41, 5.74) is -0.0320. The van der Waals surface area contributed by atoms with Gasteiger partial charge in [-0.1, -0.05) is 68.5 Å². The Morgan fingerprint density at radius 2 is 1.83 bits per heavy atom. The number of ether oxygens (including phenoxy) is 2. The number of halogens is 2. The van der Waals surface area contributed by atoms with E-state index in [2.05, 4.69) is 5.32 Å². The molecule has 1 aliphatic carbocycles. The van der Waals surface area contributed by atoms with E-state index in [-0.39, 0.29) is 54.2 Å². The third-order valence-electron chi connectivity index (χ3n) is 8.47. The SMILES string of the molecule is O=C(NCc1ccc(F)cc1F)c1cn2c(c(OCc3ccccc3)c1=O)C(=O)N1[C@@H](CC3CCCCC3)CO[C@@H]1C2. The summed E-state index contributed by atoms with van der Waals surface area (Å²) in [7, 11) is 0. The van der Waals surface area contributed by atoms with Crippen LogP contribution >= 0.6 is 0 Å². The Morgan fingerprint density at radius 3 is 2.60 bits per heavy atom. The van der Waals surface area contributed by atoms with Gasteiger partial charge in [0.1, 0.15) is 23.8 Å². The van der Waals surface area contributed by atoms with E-state index >= 15 is 0 Å². The Hall–Kier alpha value is -4.05. The van der Waals surface area contributed by atoms with Crippen LogP contribution in [0, 0.1) is 17.6 Å². The predicted octanol–water partition coefficient (Wildman–Crippen LogP) is 4.79. The molecule has 2 fully saturated rings. The molecule has 10 heteroatoms. The molecule has 3 aliphatic rings. The second-order valence-corrected chi connectivity index (χ2v) is 11.3. The van der Waals surface area contributed by atoms with Gasteiger partial charge in [-0.2, -0.15) is 0 Å². The van der Waals surface area contributed by atoms with Crippen molar-refractivity contribution in [2.24, 2.45) is 5.92 Å². The van der Waals surface area contributed by atoms with Gasteiger partial charge in [0.05, 0.1) is 19.2 Å². The molecule has 6 rings (SSSR count). The number of fused-ring (bicyclic) bond motifs is 2. The number of carbonyl (C=O) groups excluding carboxylic acids is 2. The number of pyridine rings is 1. The first-order chi connectivity index (χ1) is 20.4. The molecule has 220 valence electrons. The van der Waals surface area contributed by atoms with Crippen molar-refractivity contribution in [2.45, 2.75) is 70.5 Å². The monoisotopic (exact) mass is 577 g/mol. The number of rotatable bonds is 8. The van der Waals surface area contributed by atoms with E-state index in [1.54, 1.807) is 9.47 Å². The van der Waals surface area contributed by atoms with Gasteiger partial charge in [0.15, 0.2) is 17.7 Å². The van der Waals surface area contributed by atoms with Crippen LogP contribution < -0.4 is 15.5 Å². The van der Waals surface area contributed by atoms with E-state index in [1.807, 2.05) is 30.3 Å². The summed E-state index contributed by atoms with van der Waals surface area (Å²) in [6.07, 6.45) is 7.61. The van der Waals surface area contributed by atoms with Crippen LogP contribution in [0.1, 0.15) is 70.5 Å². The molecule has 0 radical (unpaired) electrons. The number of benzene rings is 2. The first-order valence-electron chi connectivity index (χ1n) is 14.5. The first-order valence-corrected chi connectivity index (χ1v) is 14.5. The van der Waals surface area contributed by atoms with E-state index in [1.165, 1.54) is 31.5 Å². The van der Waals surface area contributed by atoms with E-state index < -0.39 is 29.2 Å². The summed E-state index contributed by atoms with van der Waals surface area (Å²) in [5.74, 6) is -2.33. The fourth-order valence-corrected chi connectivity index (χ4v) is 6.30. The van der Waals surface area contributed by atoms with Gasteiger partial charge in [0.2, 0.25) is 5.43 Å². The average Bonchev–Trinajstić information content (AvgIpc) is 3.39. The molecule has 3 aromatic rings. The van der Waals surface area contributed by atoms with Gasteiger partial charge >= 0.3 is 0 Å². The third-order valence-corrected chi connectivity index (χ3v) is 8.47. The Balaban J connectivity index is 1.31. The molecule has 2 aliphatic heterocycles. The molecule has 1 saturated heterocycles. The van der Waals surface area contributed by atoms with Crippen molar-refractivity contribution in [3.63, 3.8) is 0 Å². The minimum atomic E-state index is -0.809. The van der Waals surface area contributed by atoms with Crippen molar-refractivity contribution in [3.8, 4) is 5.75 Å². The van der Waals surface area contributed by atoms with Crippen LogP contribution in [0.4, 0.5) is 8.78 Å². The summed E-state index contributed by atoms with van der Waals surface area (Å²) in [4.78, 5) is 42.7. The quantitative estimate of drug-likeness (QED) is 0.416. The Bertz CT molecular complexity index is 1540. The minimum Gasteiger partial charge on any atom is -0.483 e. The lowest BCUT2D eigenvalue weighted by Crippen LogP contribution is -2.50. The fraction of sp³-hybridized carbons (Fsp3) is 0.406. The summed E-state index contributed by atoms with van der Waals surface area (Å²) < 4.78 is 41.1. The topological polar surface area (TPSA) is 89.9 Å². The molecule has 8 nitrogen and oxygen atoms in total. The van der Waals surface area contributed by atoms with Crippen molar-refractivity contribution >= 4 is 11.8 Å². The number of nitrogens with zero attached hydrogens (tertiary/aromatic N) is 2. The second kappa shape index (κ2) is 12.1. The molecule has 0 spiro atoms. The van der Waals surface area contributed by atoms with Crippen molar-refractivity contribution < 1.29 is 27.8 Å². The minimum absolute atomic E-state index is 0.0215. The molecule has 3 heterocycles. The van der Waals surface area contributed by atoms with Gasteiger partial charge in [0, 0.05) is 24.4 Å². The molecule has 2 aromatic carbocycles. The van der Waals surface area contributed by atoms with Crippen molar-refractivity contribution in [3.05, 3.63) is 99.0 Å². The standard InChI is InChI=1S/C32H33F2N3O5/c33-23-12-11-22(26(34)14-23)15-35-31(39)25-16-36-17-27-37(24(19-41-27)13-20-7-3-1-4-8-20)32(40)28(36)30(29(25)38)42-18-21-9-5-2-6-10-21/h2,5-6,9-12,14,16,20,24,27H,1,3-4,7-8,13,15,17-19H2,(H,35,39)/t24-,27+/m0/s1. The number of hydrogen-bond donors (Lipinski definition) is 1. The van der Waals surface area contributed by atoms with Gasteiger partial charge in [0.25, 0.3) is 11.8 Å². The Labute approximate surface area is 242 Å². The van der Waals surface area contributed by atoms with Crippen LogP contribution in [0.25, 0.3) is 0 Å². The normalized spacial score (nSPS) is 20.2. The maximum Gasteiger partial charge on any atom is 0.276 e. The molecule has 1 N–H and O–H groups in total. The lowest BCUT2D eigenvalue weighted by atomic mass is 9.84. The smallest absolute Gasteiger partial charge is 0.276 e. The van der Waals surface area contributed by atoms with Gasteiger partial charge < -0.3 is 24.3 Å². The van der Waals surface area contributed by atoms with Gasteiger partial charge in [-0.05, 0) is 24.0 Å². The largest absolute Gasteiger partial charge is 0.483 e. The third kappa shape index (κ3) is 5.68. The zero-order valence-corrected chi connectivity index (χ0v) is 23.2. The van der Waals surface area contributed by atoms with E-state index in [9.17, 15) is 23.2 Å². The molecular formula is C32H33F2N3O5. The van der Waals surface area contributed by atoms with Crippen molar-refractivity contribution in [2.75, 3.05) is 6.61 Å². The van der Waals surface area contributed by atoms with E-state index in [4.69, 9.17) is 9.47 Å². The highest BCUT2D eigenvalue weighted by Gasteiger charge is 2.45. The van der Waals surface area contributed by atoms with Gasteiger partial charge in [-0.25, -0.2) is 8.78 Å². The Kier molecular flexibility index (Phi) is 8.06. The highest BCUT2D eigenvalue weighted by molar-refractivity contribution is 5.99.